The lowest BCUT2D eigenvalue weighted by Crippen LogP contribution is -2.39. The fourth-order valence-corrected chi connectivity index (χ4v) is 9.30. The second-order valence-electron chi connectivity index (χ2n) is 15.1. The molecule has 3 aliphatic rings. The maximum Gasteiger partial charge on any atom is 0.315 e. The van der Waals surface area contributed by atoms with Gasteiger partial charge in [-0.05, 0) is 92.4 Å². The summed E-state index contributed by atoms with van der Waals surface area (Å²) in [5, 5.41) is 12.3. The molecule has 3 saturated heterocycles. The van der Waals surface area contributed by atoms with Gasteiger partial charge in [0.25, 0.3) is 0 Å². The Morgan fingerprint density at radius 2 is 1.46 bits per heavy atom. The molecule has 1 aromatic carbocycles. The minimum atomic E-state index is -0.253. The van der Waals surface area contributed by atoms with E-state index in [9.17, 15) is 18.8 Å². The first-order valence-electron chi connectivity index (χ1n) is 21.1. The van der Waals surface area contributed by atoms with Gasteiger partial charge in [0.1, 0.15) is 5.82 Å². The molecule has 5 heterocycles. The highest BCUT2D eigenvalue weighted by molar-refractivity contribution is 8.00. The molecule has 14 nitrogen and oxygen atoms in total. The van der Waals surface area contributed by atoms with Crippen LogP contribution in [0, 0.1) is 5.82 Å². The van der Waals surface area contributed by atoms with Gasteiger partial charge in [-0.3, -0.25) is 14.6 Å². The van der Waals surface area contributed by atoms with Crippen LogP contribution in [0.25, 0.3) is 22.4 Å². The molecule has 6 rings (SSSR count). The summed E-state index contributed by atoms with van der Waals surface area (Å²) < 4.78 is 35.8. The van der Waals surface area contributed by atoms with Crippen molar-refractivity contribution in [2.75, 3.05) is 91.3 Å². The van der Waals surface area contributed by atoms with Crippen LogP contribution in [0.2, 0.25) is 0 Å². The third-order valence-electron chi connectivity index (χ3n) is 11.0. The van der Waals surface area contributed by atoms with Crippen LogP contribution in [-0.4, -0.2) is 141 Å². The summed E-state index contributed by atoms with van der Waals surface area (Å²) in [5.41, 5.74) is 5.29. The van der Waals surface area contributed by atoms with Crippen molar-refractivity contribution < 1.29 is 37.7 Å². The normalized spacial score (nSPS) is 19.3. The highest BCUT2D eigenvalue weighted by Gasteiger charge is 2.42. The molecule has 0 aliphatic carbocycles. The van der Waals surface area contributed by atoms with Crippen LogP contribution in [0.15, 0.2) is 54.9 Å². The number of aromatic nitrogens is 2. The monoisotopic (exact) mass is 837 g/mol. The Morgan fingerprint density at radius 1 is 0.797 bits per heavy atom. The fraction of sp³-hybridized carbons (Fsp3) is 0.581. The van der Waals surface area contributed by atoms with Crippen LogP contribution < -0.4 is 21.3 Å². The van der Waals surface area contributed by atoms with Gasteiger partial charge in [-0.2, -0.15) is 11.8 Å². The number of amides is 4. The van der Waals surface area contributed by atoms with E-state index in [2.05, 4.69) is 42.2 Å². The van der Waals surface area contributed by atoms with Gasteiger partial charge in [0, 0.05) is 73.0 Å². The number of likely N-dealkylation sites (tertiary alicyclic amines) is 1. The number of rotatable bonds is 26. The van der Waals surface area contributed by atoms with Crippen molar-refractivity contribution in [3.63, 3.8) is 0 Å². The first-order valence-corrected chi connectivity index (χ1v) is 22.1. The third kappa shape index (κ3) is 14.6. The van der Waals surface area contributed by atoms with Crippen molar-refractivity contribution in [2.45, 2.75) is 68.2 Å². The van der Waals surface area contributed by atoms with Crippen molar-refractivity contribution in [3.8, 4) is 22.4 Å². The molecule has 5 N–H and O–H groups in total. The number of pyridine rings is 1. The van der Waals surface area contributed by atoms with E-state index >= 15 is 0 Å². The number of unbranched alkanes of at least 4 members (excludes halogenated alkanes) is 1. The zero-order valence-electron chi connectivity index (χ0n) is 33.9. The zero-order chi connectivity index (χ0) is 41.1. The molecule has 3 atom stereocenters. The molecule has 0 radical (unpaired) electrons. The number of nitrogens with zero attached hydrogens (tertiary/aromatic N) is 2. The lowest BCUT2D eigenvalue weighted by atomic mass is 9.93. The highest BCUT2D eigenvalue weighted by atomic mass is 32.2. The summed E-state index contributed by atoms with van der Waals surface area (Å²) in [6.45, 7) is 7.15. The van der Waals surface area contributed by atoms with Crippen LogP contribution in [0.3, 0.4) is 0 Å². The molecule has 0 saturated carbocycles. The second kappa shape index (κ2) is 24.3. The number of ether oxygens (including phenoxy) is 4. The number of fused-ring (bicyclic) bond motifs is 1. The van der Waals surface area contributed by atoms with E-state index in [0.717, 1.165) is 79.9 Å². The molecule has 0 spiro atoms. The topological polar surface area (TPSA) is 168 Å². The van der Waals surface area contributed by atoms with E-state index in [1.165, 1.54) is 17.8 Å². The van der Waals surface area contributed by atoms with Gasteiger partial charge in [0.05, 0.1) is 70.6 Å². The fourth-order valence-electron chi connectivity index (χ4n) is 7.76. The van der Waals surface area contributed by atoms with Crippen LogP contribution in [-0.2, 0) is 28.5 Å². The summed E-state index contributed by atoms with van der Waals surface area (Å²) in [6.07, 6.45) is 9.21. The van der Waals surface area contributed by atoms with Crippen molar-refractivity contribution in [2.24, 2.45) is 0 Å². The SMILES string of the molecule is O=C(CCCC[C@@H]1SC[C@@H]2NC(=O)N[C@@H]21)NCCOCCOCCOCCOCCC(=O)NCCN1CCC(c2cc(-c3ccncc3)c(-c3ccc(F)cc3)[nH]2)CC1. The smallest absolute Gasteiger partial charge is 0.315 e. The molecule has 59 heavy (non-hydrogen) atoms. The third-order valence-corrected chi connectivity index (χ3v) is 12.5. The molecular weight excluding hydrogens is 778 g/mol. The van der Waals surface area contributed by atoms with Gasteiger partial charge in [-0.25, -0.2) is 9.18 Å². The van der Waals surface area contributed by atoms with E-state index < -0.39 is 0 Å². The van der Waals surface area contributed by atoms with Gasteiger partial charge >= 0.3 is 6.03 Å². The summed E-state index contributed by atoms with van der Waals surface area (Å²) >= 11 is 1.90. The number of benzene rings is 1. The molecule has 322 valence electrons. The Labute approximate surface area is 350 Å². The minimum absolute atomic E-state index is 0.0228. The van der Waals surface area contributed by atoms with E-state index in [0.29, 0.717) is 90.0 Å². The van der Waals surface area contributed by atoms with Crippen molar-refractivity contribution in [1.29, 1.82) is 0 Å². The summed E-state index contributed by atoms with van der Waals surface area (Å²) in [5.74, 6) is 1.10. The lowest BCUT2D eigenvalue weighted by Gasteiger charge is -2.31. The number of thioether (sulfide) groups is 1. The number of aromatic amines is 1. The molecule has 0 bridgehead atoms. The number of hydrogen-bond donors (Lipinski definition) is 5. The Balaban J connectivity index is 0.700. The second-order valence-corrected chi connectivity index (χ2v) is 16.4. The molecule has 3 fully saturated rings. The Kier molecular flexibility index (Phi) is 18.3. The number of urea groups is 1. The van der Waals surface area contributed by atoms with E-state index in [4.69, 9.17) is 18.9 Å². The van der Waals surface area contributed by atoms with Crippen molar-refractivity contribution in [3.05, 3.63) is 66.4 Å². The average Bonchev–Trinajstić information content (AvgIpc) is 3.97. The van der Waals surface area contributed by atoms with Gasteiger partial charge in [-0.15, -0.1) is 0 Å². The standard InChI is InChI=1S/C43H60FN7O7S/c44-34-7-5-33(6-8-34)41-35(31-9-14-45-15-10-31)29-36(48-41)32-11-18-51(19-12-32)20-16-46-40(53)13-21-55-23-25-57-27-28-58-26-24-56-22-17-47-39(52)4-2-1-3-38-42-37(30-59-38)49-43(54)50-42/h5-10,14-15,29,32,37-38,42,48H,1-4,11-13,16-28,30H2,(H,46,53)(H,47,52)(H2,49,50,54)/t37-,38-,42-/m0/s1. The van der Waals surface area contributed by atoms with E-state index in [1.54, 1.807) is 12.4 Å². The molecule has 2 aromatic heterocycles. The van der Waals surface area contributed by atoms with Gasteiger partial charge in [0.15, 0.2) is 0 Å². The number of piperidine rings is 1. The van der Waals surface area contributed by atoms with Crippen LogP contribution in [0.1, 0.15) is 56.6 Å². The molecule has 3 aliphatic heterocycles. The lowest BCUT2D eigenvalue weighted by molar-refractivity contribution is -0.122. The first kappa shape index (κ1) is 44.5. The maximum atomic E-state index is 13.7. The first-order chi connectivity index (χ1) is 28.9. The Hall–Kier alpha value is -4.06. The van der Waals surface area contributed by atoms with Crippen LogP contribution in [0.4, 0.5) is 9.18 Å². The number of nitrogens with one attached hydrogen (secondary N) is 5. The molecule has 0 unspecified atom stereocenters. The van der Waals surface area contributed by atoms with Crippen molar-refractivity contribution in [1.82, 2.24) is 36.1 Å². The summed E-state index contributed by atoms with van der Waals surface area (Å²) in [4.78, 5) is 46.2. The summed E-state index contributed by atoms with van der Waals surface area (Å²) in [7, 11) is 0. The number of carbonyl (C=O) groups excluding carboxylic acids is 3. The highest BCUT2D eigenvalue weighted by Crippen LogP contribution is 2.37. The minimum Gasteiger partial charge on any atom is -0.379 e. The van der Waals surface area contributed by atoms with Crippen LogP contribution in [0.5, 0.6) is 0 Å². The predicted molar refractivity (Wildman–Crippen MR) is 226 cm³/mol. The molecular formula is C43H60FN7O7S. The van der Waals surface area contributed by atoms with Crippen molar-refractivity contribution >= 4 is 29.6 Å². The predicted octanol–water partition coefficient (Wildman–Crippen LogP) is 4.48. The van der Waals surface area contributed by atoms with Crippen LogP contribution >= 0.6 is 11.8 Å². The number of halogens is 1. The Morgan fingerprint density at radius 3 is 2.19 bits per heavy atom. The van der Waals surface area contributed by atoms with E-state index in [1.807, 2.05) is 36.0 Å². The molecule has 3 aromatic rings. The Bertz CT molecular complexity index is 1730. The maximum absolute atomic E-state index is 13.7. The number of H-pyrrole nitrogens is 1. The summed E-state index contributed by atoms with van der Waals surface area (Å²) in [6, 6.07) is 13.2. The average molecular weight is 838 g/mol. The van der Waals surface area contributed by atoms with Gasteiger partial charge in [-0.1, -0.05) is 6.42 Å². The molecule has 16 heteroatoms. The quantitative estimate of drug-likeness (QED) is 0.0575. The largest absolute Gasteiger partial charge is 0.379 e. The zero-order valence-corrected chi connectivity index (χ0v) is 34.7. The van der Waals surface area contributed by atoms with Gasteiger partial charge in [0.2, 0.25) is 11.8 Å². The number of carbonyl (C=O) groups is 3. The number of hydrogen-bond acceptors (Lipinski definition) is 10. The van der Waals surface area contributed by atoms with E-state index in [-0.39, 0.29) is 35.7 Å². The van der Waals surface area contributed by atoms with Gasteiger partial charge < -0.3 is 50.1 Å². The molecule has 4 amide bonds.